The van der Waals surface area contributed by atoms with Crippen LogP contribution < -0.4 is 15.6 Å². The molecule has 0 fully saturated rings. The lowest BCUT2D eigenvalue weighted by Gasteiger charge is -2.09. The fraction of sp³-hybridized carbons (Fsp3) is 0.105. The monoisotopic (exact) mass is 477 g/mol. The molecule has 3 rings (SSSR count). The van der Waals surface area contributed by atoms with E-state index in [1.165, 1.54) is 19.2 Å². The number of nitrogens with one attached hydrogen (secondary N) is 1. The van der Waals surface area contributed by atoms with Crippen molar-refractivity contribution in [3.63, 3.8) is 0 Å². The van der Waals surface area contributed by atoms with Gasteiger partial charge >= 0.3 is 0 Å². The van der Waals surface area contributed by atoms with E-state index in [9.17, 15) is 18.0 Å². The largest absolute Gasteiger partial charge is 0.497 e. The highest BCUT2D eigenvalue weighted by atomic mass is 79.9. The number of hydrogen-bond donors (Lipinski definition) is 1. The van der Waals surface area contributed by atoms with E-state index in [0.29, 0.717) is 11.4 Å². The number of hydrogen-bond acceptors (Lipinski definition) is 6. The number of carbonyl (C=O) groups is 1. The zero-order valence-electron chi connectivity index (χ0n) is 15.2. The standard InChI is InChI=1S/C19H16BrN3O5S/c1-28-15-4-2-3-14(11-15)21-17(24)12-23-19(25)10-9-18(22-23)29(26,27)16-7-5-13(20)6-8-16/h2-11H,12H2,1H3,(H,21,24). The van der Waals surface area contributed by atoms with Gasteiger partial charge in [0.25, 0.3) is 5.56 Å². The minimum atomic E-state index is -3.94. The second-order valence-electron chi connectivity index (χ2n) is 5.90. The van der Waals surface area contributed by atoms with Crippen LogP contribution in [-0.4, -0.2) is 31.2 Å². The molecular formula is C19H16BrN3O5S. The summed E-state index contributed by atoms with van der Waals surface area (Å²) in [6, 6.07) is 14.9. The first-order chi connectivity index (χ1) is 13.8. The number of amides is 1. The average molecular weight is 478 g/mol. The summed E-state index contributed by atoms with van der Waals surface area (Å²) in [5, 5.41) is 6.17. The summed E-state index contributed by atoms with van der Waals surface area (Å²) in [5.41, 5.74) is -0.124. The van der Waals surface area contributed by atoms with Crippen LogP contribution in [-0.2, 0) is 21.2 Å². The lowest BCUT2D eigenvalue weighted by atomic mass is 10.3. The Morgan fingerprint density at radius 3 is 2.55 bits per heavy atom. The van der Waals surface area contributed by atoms with E-state index >= 15 is 0 Å². The van der Waals surface area contributed by atoms with Crippen LogP contribution in [0, 0.1) is 0 Å². The number of methoxy groups -OCH3 is 1. The number of aromatic nitrogens is 2. The van der Waals surface area contributed by atoms with Crippen molar-refractivity contribution in [1.82, 2.24) is 9.78 Å². The molecular weight excluding hydrogens is 462 g/mol. The number of ether oxygens (including phenoxy) is 1. The molecule has 0 spiro atoms. The van der Waals surface area contributed by atoms with Gasteiger partial charge in [-0.15, -0.1) is 0 Å². The van der Waals surface area contributed by atoms with Gasteiger partial charge in [-0.25, -0.2) is 13.1 Å². The van der Waals surface area contributed by atoms with Crippen molar-refractivity contribution in [2.75, 3.05) is 12.4 Å². The first kappa shape index (κ1) is 20.7. The van der Waals surface area contributed by atoms with Crippen molar-refractivity contribution in [2.24, 2.45) is 0 Å². The van der Waals surface area contributed by atoms with Crippen molar-refractivity contribution in [3.05, 3.63) is 75.5 Å². The van der Waals surface area contributed by atoms with E-state index in [2.05, 4.69) is 26.3 Å². The van der Waals surface area contributed by atoms with Gasteiger partial charge in [0.15, 0.2) is 5.03 Å². The molecule has 150 valence electrons. The molecule has 3 aromatic rings. The van der Waals surface area contributed by atoms with Crippen LogP contribution in [0.1, 0.15) is 0 Å². The van der Waals surface area contributed by atoms with Crippen molar-refractivity contribution in [3.8, 4) is 5.75 Å². The molecule has 0 aliphatic heterocycles. The molecule has 0 saturated heterocycles. The molecule has 0 unspecified atom stereocenters. The van der Waals surface area contributed by atoms with Crippen LogP contribution in [0.25, 0.3) is 0 Å². The average Bonchev–Trinajstić information content (AvgIpc) is 2.70. The Morgan fingerprint density at radius 1 is 1.14 bits per heavy atom. The van der Waals surface area contributed by atoms with Crippen molar-refractivity contribution >= 4 is 37.4 Å². The maximum absolute atomic E-state index is 12.7. The molecule has 0 radical (unpaired) electrons. The first-order valence-electron chi connectivity index (χ1n) is 8.32. The Bertz CT molecular complexity index is 1210. The third-order valence-electron chi connectivity index (χ3n) is 3.89. The third kappa shape index (κ3) is 4.90. The smallest absolute Gasteiger partial charge is 0.267 e. The number of benzene rings is 2. The van der Waals surface area contributed by atoms with E-state index in [-0.39, 0.29) is 9.92 Å². The van der Waals surface area contributed by atoms with Gasteiger partial charge in [0.05, 0.1) is 12.0 Å². The highest BCUT2D eigenvalue weighted by Gasteiger charge is 2.21. The fourth-order valence-corrected chi connectivity index (χ4v) is 3.91. The predicted octanol–water partition coefficient (Wildman–Crippen LogP) is 2.49. The lowest BCUT2D eigenvalue weighted by molar-refractivity contribution is -0.117. The van der Waals surface area contributed by atoms with Crippen LogP contribution >= 0.6 is 15.9 Å². The summed E-state index contributed by atoms with van der Waals surface area (Å²) < 4.78 is 32.1. The van der Waals surface area contributed by atoms with E-state index in [4.69, 9.17) is 4.74 Å². The van der Waals surface area contributed by atoms with Crippen LogP contribution in [0.15, 0.2) is 79.9 Å². The Morgan fingerprint density at radius 2 is 1.86 bits per heavy atom. The van der Waals surface area contributed by atoms with Gasteiger partial charge in [0, 0.05) is 22.3 Å². The quantitative estimate of drug-likeness (QED) is 0.584. The van der Waals surface area contributed by atoms with Gasteiger partial charge in [-0.3, -0.25) is 9.59 Å². The number of nitrogens with zero attached hydrogens (tertiary/aromatic N) is 2. The fourth-order valence-electron chi connectivity index (χ4n) is 2.46. The van der Waals surface area contributed by atoms with E-state index in [1.807, 2.05) is 0 Å². The van der Waals surface area contributed by atoms with Crippen molar-refractivity contribution in [1.29, 1.82) is 0 Å². The lowest BCUT2D eigenvalue weighted by Crippen LogP contribution is -2.30. The molecule has 29 heavy (non-hydrogen) atoms. The number of sulfone groups is 1. The van der Waals surface area contributed by atoms with Crippen molar-refractivity contribution < 1.29 is 17.9 Å². The van der Waals surface area contributed by atoms with Crippen molar-refractivity contribution in [2.45, 2.75) is 16.5 Å². The zero-order chi connectivity index (χ0) is 21.0. The Labute approximate surface area is 175 Å². The van der Waals surface area contributed by atoms with Gasteiger partial charge in [-0.1, -0.05) is 22.0 Å². The molecule has 8 nitrogen and oxygen atoms in total. The molecule has 1 aromatic heterocycles. The minimum Gasteiger partial charge on any atom is -0.497 e. The highest BCUT2D eigenvalue weighted by Crippen LogP contribution is 2.20. The highest BCUT2D eigenvalue weighted by molar-refractivity contribution is 9.10. The SMILES string of the molecule is COc1cccc(NC(=O)Cn2nc(S(=O)(=O)c3ccc(Br)cc3)ccc2=O)c1. The molecule has 10 heteroatoms. The number of rotatable bonds is 6. The zero-order valence-corrected chi connectivity index (χ0v) is 17.6. The Hall–Kier alpha value is -2.98. The molecule has 0 aliphatic carbocycles. The Kier molecular flexibility index (Phi) is 6.14. The van der Waals surface area contributed by atoms with E-state index in [1.54, 1.807) is 36.4 Å². The Balaban J connectivity index is 1.84. The second kappa shape index (κ2) is 8.58. The molecule has 2 aromatic carbocycles. The van der Waals surface area contributed by atoms with Crippen LogP contribution in [0.4, 0.5) is 5.69 Å². The molecule has 1 heterocycles. The summed E-state index contributed by atoms with van der Waals surface area (Å²) in [7, 11) is -2.44. The number of carbonyl (C=O) groups excluding carboxylic acids is 1. The number of halogens is 1. The van der Waals surface area contributed by atoms with Gasteiger partial charge < -0.3 is 10.1 Å². The maximum Gasteiger partial charge on any atom is 0.267 e. The normalized spacial score (nSPS) is 11.1. The minimum absolute atomic E-state index is 0.0271. The van der Waals surface area contributed by atoms with Crippen LogP contribution in [0.3, 0.4) is 0 Å². The second-order valence-corrected chi connectivity index (χ2v) is 8.72. The van der Waals surface area contributed by atoms with E-state index < -0.39 is 27.8 Å². The summed E-state index contributed by atoms with van der Waals surface area (Å²) in [4.78, 5) is 24.4. The topological polar surface area (TPSA) is 107 Å². The summed E-state index contributed by atoms with van der Waals surface area (Å²) >= 11 is 3.24. The molecule has 0 aliphatic rings. The van der Waals surface area contributed by atoms with Gasteiger partial charge in [0.2, 0.25) is 15.7 Å². The molecule has 0 saturated carbocycles. The molecule has 0 atom stereocenters. The molecule has 0 bridgehead atoms. The maximum atomic E-state index is 12.7. The summed E-state index contributed by atoms with van der Waals surface area (Å²) in [5.74, 6) is 0.0201. The summed E-state index contributed by atoms with van der Waals surface area (Å²) in [6.45, 7) is -0.445. The van der Waals surface area contributed by atoms with Crippen LogP contribution in [0.2, 0.25) is 0 Å². The predicted molar refractivity (Wildman–Crippen MR) is 110 cm³/mol. The molecule has 1 N–H and O–H groups in total. The van der Waals surface area contributed by atoms with E-state index in [0.717, 1.165) is 21.3 Å². The summed E-state index contributed by atoms with van der Waals surface area (Å²) in [6.07, 6.45) is 0. The number of anilines is 1. The van der Waals surface area contributed by atoms with Gasteiger partial charge in [-0.05, 0) is 42.5 Å². The third-order valence-corrected chi connectivity index (χ3v) is 6.08. The van der Waals surface area contributed by atoms with Gasteiger partial charge in [0.1, 0.15) is 12.3 Å². The molecule has 1 amide bonds. The van der Waals surface area contributed by atoms with Gasteiger partial charge in [-0.2, -0.15) is 5.10 Å². The van der Waals surface area contributed by atoms with Crippen LogP contribution in [0.5, 0.6) is 5.75 Å². The first-order valence-corrected chi connectivity index (χ1v) is 10.6.